The van der Waals surface area contributed by atoms with Crippen LogP contribution in [0.25, 0.3) is 0 Å². The normalized spacial score (nSPS) is 15.6. The summed E-state index contributed by atoms with van der Waals surface area (Å²) in [6.07, 6.45) is 1.64. The Kier molecular flexibility index (Phi) is 4.87. The van der Waals surface area contributed by atoms with Crippen molar-refractivity contribution in [2.24, 2.45) is 0 Å². The molecule has 1 aliphatic rings. The molecule has 1 aromatic heterocycles. The number of rotatable bonds is 4. The molecule has 0 atom stereocenters. The van der Waals surface area contributed by atoms with Gasteiger partial charge in [-0.2, -0.15) is 4.31 Å². The summed E-state index contributed by atoms with van der Waals surface area (Å²) < 4.78 is 31.4. The molecule has 24 heavy (non-hydrogen) atoms. The first-order valence-electron chi connectivity index (χ1n) is 7.24. The summed E-state index contributed by atoms with van der Waals surface area (Å²) in [6.45, 7) is 0.926. The topological polar surface area (TPSA) is 79.6 Å². The quantitative estimate of drug-likeness (QED) is 0.866. The maximum Gasteiger partial charge on any atom is 0.291 e. The third kappa shape index (κ3) is 3.44. The fourth-order valence-corrected chi connectivity index (χ4v) is 4.30. The molecule has 2 aromatic rings. The van der Waals surface area contributed by atoms with Gasteiger partial charge in [0.05, 0.1) is 10.7 Å². The number of hydrogen-bond acceptors (Lipinski definition) is 4. The molecular formula is C15H14Cl2N2O4S. The standard InChI is InChI=1S/C15H14Cl2N2O4S/c16-10-3-4-12(11(17)9-10)18-15(20)13-5-6-14(23-13)24(21,22)19-7-1-2-8-19/h3-6,9H,1-2,7-8H2,(H,18,20). The number of carbonyl (C=O) groups is 1. The van der Waals surface area contributed by atoms with E-state index >= 15 is 0 Å². The minimum atomic E-state index is -3.69. The fraction of sp³-hybridized carbons (Fsp3) is 0.267. The third-order valence-electron chi connectivity index (χ3n) is 3.64. The van der Waals surface area contributed by atoms with E-state index in [1.54, 1.807) is 12.1 Å². The number of nitrogens with one attached hydrogen (secondary N) is 1. The van der Waals surface area contributed by atoms with Crippen molar-refractivity contribution in [1.82, 2.24) is 4.31 Å². The Morgan fingerprint density at radius 3 is 2.50 bits per heavy atom. The lowest BCUT2D eigenvalue weighted by Crippen LogP contribution is -2.27. The van der Waals surface area contributed by atoms with Crippen molar-refractivity contribution < 1.29 is 17.6 Å². The van der Waals surface area contributed by atoms with Crippen molar-refractivity contribution >= 4 is 44.8 Å². The van der Waals surface area contributed by atoms with Crippen LogP contribution in [0.1, 0.15) is 23.4 Å². The fourth-order valence-electron chi connectivity index (χ4n) is 2.41. The highest BCUT2D eigenvalue weighted by Gasteiger charge is 2.30. The average molecular weight is 389 g/mol. The van der Waals surface area contributed by atoms with Crippen molar-refractivity contribution in [3.8, 4) is 0 Å². The van der Waals surface area contributed by atoms with Gasteiger partial charge in [0.25, 0.3) is 15.9 Å². The molecule has 0 radical (unpaired) electrons. The summed E-state index contributed by atoms with van der Waals surface area (Å²) in [7, 11) is -3.69. The van der Waals surface area contributed by atoms with Gasteiger partial charge in [0, 0.05) is 18.1 Å². The predicted molar refractivity (Wildman–Crippen MR) is 91.1 cm³/mol. The van der Waals surface area contributed by atoms with Crippen LogP contribution in [0.3, 0.4) is 0 Å². The zero-order chi connectivity index (χ0) is 17.3. The molecule has 1 saturated heterocycles. The molecule has 0 spiro atoms. The summed E-state index contributed by atoms with van der Waals surface area (Å²) in [4.78, 5) is 12.2. The van der Waals surface area contributed by atoms with E-state index in [4.69, 9.17) is 27.6 Å². The Morgan fingerprint density at radius 1 is 1.12 bits per heavy atom. The number of sulfonamides is 1. The Balaban J connectivity index is 1.78. The van der Waals surface area contributed by atoms with Crippen LogP contribution in [0.4, 0.5) is 5.69 Å². The van der Waals surface area contributed by atoms with Gasteiger partial charge in [0.2, 0.25) is 5.09 Å². The monoisotopic (exact) mass is 388 g/mol. The second-order valence-corrected chi connectivity index (χ2v) is 8.02. The van der Waals surface area contributed by atoms with Gasteiger partial charge in [-0.3, -0.25) is 4.79 Å². The molecule has 1 N–H and O–H groups in total. The molecule has 1 aliphatic heterocycles. The van der Waals surface area contributed by atoms with Crippen molar-refractivity contribution in [1.29, 1.82) is 0 Å². The van der Waals surface area contributed by atoms with Gasteiger partial charge in [-0.25, -0.2) is 8.42 Å². The van der Waals surface area contributed by atoms with E-state index in [0.29, 0.717) is 23.8 Å². The summed E-state index contributed by atoms with van der Waals surface area (Å²) >= 11 is 11.8. The molecule has 0 aliphatic carbocycles. The highest BCUT2D eigenvalue weighted by molar-refractivity contribution is 7.89. The van der Waals surface area contributed by atoms with Gasteiger partial charge < -0.3 is 9.73 Å². The maximum atomic E-state index is 12.4. The molecule has 2 heterocycles. The van der Waals surface area contributed by atoms with Crippen molar-refractivity contribution in [2.45, 2.75) is 17.9 Å². The van der Waals surface area contributed by atoms with Crippen LogP contribution in [0.15, 0.2) is 39.8 Å². The van der Waals surface area contributed by atoms with Crippen LogP contribution in [-0.2, 0) is 10.0 Å². The lowest BCUT2D eigenvalue weighted by atomic mass is 10.3. The number of anilines is 1. The Hall–Kier alpha value is -1.54. The van der Waals surface area contributed by atoms with Crippen LogP contribution in [0, 0.1) is 0 Å². The summed E-state index contributed by atoms with van der Waals surface area (Å²) in [5, 5.41) is 3.03. The van der Waals surface area contributed by atoms with Crippen LogP contribution in [0.2, 0.25) is 10.0 Å². The summed E-state index contributed by atoms with van der Waals surface area (Å²) in [5.74, 6) is -0.708. The van der Waals surface area contributed by atoms with Crippen molar-refractivity contribution in [3.05, 3.63) is 46.1 Å². The van der Waals surface area contributed by atoms with Gasteiger partial charge in [-0.05, 0) is 43.2 Å². The first-order valence-corrected chi connectivity index (χ1v) is 9.44. The number of amides is 1. The Labute approximate surface area is 149 Å². The van der Waals surface area contributed by atoms with E-state index in [1.165, 1.54) is 22.5 Å². The van der Waals surface area contributed by atoms with Crippen LogP contribution < -0.4 is 5.32 Å². The first-order chi connectivity index (χ1) is 11.4. The molecule has 3 rings (SSSR count). The zero-order valence-electron chi connectivity index (χ0n) is 12.5. The summed E-state index contributed by atoms with van der Waals surface area (Å²) in [6, 6.07) is 7.22. The zero-order valence-corrected chi connectivity index (χ0v) is 14.8. The average Bonchev–Trinajstić information content (AvgIpc) is 3.21. The Bertz CT molecular complexity index is 873. The van der Waals surface area contributed by atoms with E-state index < -0.39 is 15.9 Å². The number of carbonyl (C=O) groups excluding carboxylic acids is 1. The number of furan rings is 1. The minimum absolute atomic E-state index is 0.112. The molecule has 1 fully saturated rings. The molecule has 6 nitrogen and oxygen atoms in total. The Morgan fingerprint density at radius 2 is 1.83 bits per heavy atom. The highest BCUT2D eigenvalue weighted by atomic mass is 35.5. The van der Waals surface area contributed by atoms with E-state index in [9.17, 15) is 13.2 Å². The number of benzene rings is 1. The predicted octanol–water partition coefficient (Wildman–Crippen LogP) is 3.62. The molecule has 0 unspecified atom stereocenters. The molecule has 1 aromatic carbocycles. The van der Waals surface area contributed by atoms with Gasteiger partial charge in [-0.1, -0.05) is 23.2 Å². The van der Waals surface area contributed by atoms with E-state index in [1.807, 2.05) is 0 Å². The van der Waals surface area contributed by atoms with E-state index in [-0.39, 0.29) is 15.9 Å². The molecular weight excluding hydrogens is 375 g/mol. The smallest absolute Gasteiger partial charge is 0.291 e. The van der Waals surface area contributed by atoms with Gasteiger partial charge in [0.1, 0.15) is 0 Å². The number of hydrogen-bond donors (Lipinski definition) is 1. The van der Waals surface area contributed by atoms with Crippen LogP contribution in [0.5, 0.6) is 0 Å². The lowest BCUT2D eigenvalue weighted by Gasteiger charge is -2.12. The summed E-state index contributed by atoms with van der Waals surface area (Å²) in [5.41, 5.74) is 0.353. The lowest BCUT2D eigenvalue weighted by molar-refractivity contribution is 0.0991. The highest BCUT2D eigenvalue weighted by Crippen LogP contribution is 2.27. The molecule has 1 amide bonds. The third-order valence-corrected chi connectivity index (χ3v) is 5.96. The van der Waals surface area contributed by atoms with Gasteiger partial charge in [-0.15, -0.1) is 0 Å². The largest absolute Gasteiger partial charge is 0.438 e. The number of halogens is 2. The maximum absolute atomic E-state index is 12.4. The van der Waals surface area contributed by atoms with Crippen LogP contribution >= 0.6 is 23.2 Å². The van der Waals surface area contributed by atoms with E-state index in [0.717, 1.165) is 12.8 Å². The second kappa shape index (κ2) is 6.76. The number of nitrogens with zero attached hydrogens (tertiary/aromatic N) is 1. The molecule has 128 valence electrons. The van der Waals surface area contributed by atoms with Crippen molar-refractivity contribution in [3.63, 3.8) is 0 Å². The molecule has 0 saturated carbocycles. The van der Waals surface area contributed by atoms with E-state index in [2.05, 4.69) is 5.32 Å². The second-order valence-electron chi connectivity index (χ2n) is 5.31. The molecule has 9 heteroatoms. The van der Waals surface area contributed by atoms with Crippen molar-refractivity contribution in [2.75, 3.05) is 18.4 Å². The first kappa shape index (κ1) is 17.3. The van der Waals surface area contributed by atoms with Gasteiger partial charge in [0.15, 0.2) is 5.76 Å². The van der Waals surface area contributed by atoms with Crippen LogP contribution in [-0.4, -0.2) is 31.7 Å². The van der Waals surface area contributed by atoms with Gasteiger partial charge >= 0.3 is 0 Å². The SMILES string of the molecule is O=C(Nc1ccc(Cl)cc1Cl)c1ccc(S(=O)(=O)N2CCCC2)o1. The minimum Gasteiger partial charge on any atom is -0.438 e. The molecule has 0 bridgehead atoms.